The third kappa shape index (κ3) is 2.65. The predicted molar refractivity (Wildman–Crippen MR) is 69.7 cm³/mol. The third-order valence-electron chi connectivity index (χ3n) is 4.63. The summed E-state index contributed by atoms with van der Waals surface area (Å²) in [6, 6.07) is 0. The minimum atomic E-state index is -0.357. The van der Waals surface area contributed by atoms with E-state index in [0.29, 0.717) is 12.0 Å². The second kappa shape index (κ2) is 4.74. The summed E-state index contributed by atoms with van der Waals surface area (Å²) < 4.78 is 16.6. The largest absolute Gasteiger partial charge is 0.457 e. The Labute approximate surface area is 114 Å². The standard InChI is InChI=1S/C15H24O4/c1-4-5-9(2)8-15(3)13(19-15)14(16)18-11-7-6-10-12(11)17-10/h9-13H,4-8H2,1-3H3. The molecule has 19 heavy (non-hydrogen) atoms. The van der Waals surface area contributed by atoms with E-state index in [2.05, 4.69) is 13.8 Å². The summed E-state index contributed by atoms with van der Waals surface area (Å²) in [6.45, 7) is 6.43. The van der Waals surface area contributed by atoms with E-state index in [0.717, 1.165) is 19.3 Å². The molecule has 4 heteroatoms. The Hall–Kier alpha value is -0.610. The van der Waals surface area contributed by atoms with Gasteiger partial charge in [0.15, 0.2) is 6.10 Å². The van der Waals surface area contributed by atoms with Crippen LogP contribution in [-0.2, 0) is 19.0 Å². The summed E-state index contributed by atoms with van der Waals surface area (Å²) in [5.41, 5.74) is -0.298. The van der Waals surface area contributed by atoms with E-state index < -0.39 is 0 Å². The normalized spacial score (nSPS) is 44.6. The lowest BCUT2D eigenvalue weighted by Gasteiger charge is -2.14. The van der Waals surface area contributed by atoms with Crippen molar-refractivity contribution in [2.75, 3.05) is 0 Å². The SMILES string of the molecule is CCCC(C)CC1(C)OC1C(=O)OC1CCC2OC12. The summed E-state index contributed by atoms with van der Waals surface area (Å²) in [6.07, 6.45) is 5.41. The van der Waals surface area contributed by atoms with Gasteiger partial charge in [0.2, 0.25) is 0 Å². The van der Waals surface area contributed by atoms with Crippen LogP contribution in [0.15, 0.2) is 0 Å². The van der Waals surface area contributed by atoms with Gasteiger partial charge in [-0.1, -0.05) is 26.7 Å². The first-order valence-corrected chi connectivity index (χ1v) is 7.57. The molecule has 2 saturated heterocycles. The molecule has 0 radical (unpaired) electrons. The van der Waals surface area contributed by atoms with Crippen LogP contribution in [0.5, 0.6) is 0 Å². The van der Waals surface area contributed by atoms with Gasteiger partial charge >= 0.3 is 5.97 Å². The molecule has 0 amide bonds. The maximum absolute atomic E-state index is 12.1. The van der Waals surface area contributed by atoms with E-state index in [9.17, 15) is 4.79 Å². The molecule has 0 aromatic heterocycles. The van der Waals surface area contributed by atoms with Gasteiger partial charge in [0, 0.05) is 0 Å². The predicted octanol–water partition coefficient (Wildman–Crippen LogP) is 2.44. The molecule has 0 spiro atoms. The molecule has 1 saturated carbocycles. The van der Waals surface area contributed by atoms with Crippen molar-refractivity contribution >= 4 is 5.97 Å². The first-order chi connectivity index (χ1) is 9.03. The number of epoxide rings is 2. The summed E-state index contributed by atoms with van der Waals surface area (Å²) in [5.74, 6) is 0.405. The van der Waals surface area contributed by atoms with Crippen molar-refractivity contribution in [3.8, 4) is 0 Å². The Morgan fingerprint density at radius 3 is 2.84 bits per heavy atom. The topological polar surface area (TPSA) is 51.4 Å². The van der Waals surface area contributed by atoms with E-state index in [4.69, 9.17) is 14.2 Å². The molecular formula is C15H24O4. The number of hydrogen-bond acceptors (Lipinski definition) is 4. The van der Waals surface area contributed by atoms with Crippen molar-refractivity contribution in [1.82, 2.24) is 0 Å². The lowest BCUT2D eigenvalue weighted by molar-refractivity contribution is -0.151. The second-order valence-electron chi connectivity index (χ2n) is 6.60. The van der Waals surface area contributed by atoms with Gasteiger partial charge in [-0.15, -0.1) is 0 Å². The van der Waals surface area contributed by atoms with Crippen LogP contribution in [0.25, 0.3) is 0 Å². The van der Waals surface area contributed by atoms with Crippen LogP contribution in [0.2, 0.25) is 0 Å². The van der Waals surface area contributed by atoms with E-state index in [1.54, 1.807) is 0 Å². The van der Waals surface area contributed by atoms with Crippen LogP contribution in [0.1, 0.15) is 52.9 Å². The fraction of sp³-hybridized carbons (Fsp3) is 0.933. The zero-order chi connectivity index (χ0) is 13.6. The summed E-state index contributed by atoms with van der Waals surface area (Å²) in [7, 11) is 0. The second-order valence-corrected chi connectivity index (χ2v) is 6.60. The zero-order valence-electron chi connectivity index (χ0n) is 12.1. The highest BCUT2D eigenvalue weighted by Gasteiger charge is 2.60. The van der Waals surface area contributed by atoms with Crippen molar-refractivity contribution in [2.24, 2.45) is 5.92 Å². The van der Waals surface area contributed by atoms with Crippen molar-refractivity contribution in [3.05, 3.63) is 0 Å². The fourth-order valence-electron chi connectivity index (χ4n) is 3.52. The lowest BCUT2D eigenvalue weighted by atomic mass is 9.91. The minimum absolute atomic E-state index is 0.0287. The Balaban J connectivity index is 1.46. The van der Waals surface area contributed by atoms with Crippen molar-refractivity contribution in [1.29, 1.82) is 0 Å². The molecule has 2 aliphatic heterocycles. The number of hydrogen-bond donors (Lipinski definition) is 0. The first-order valence-electron chi connectivity index (χ1n) is 7.57. The van der Waals surface area contributed by atoms with Gasteiger partial charge in [-0.05, 0) is 32.1 Å². The van der Waals surface area contributed by atoms with Crippen molar-refractivity contribution in [3.63, 3.8) is 0 Å². The molecule has 6 atom stereocenters. The highest BCUT2D eigenvalue weighted by atomic mass is 16.7. The Kier molecular flexibility index (Phi) is 3.34. The average Bonchev–Trinajstić information content (AvgIpc) is 3.21. The number of carbonyl (C=O) groups is 1. The summed E-state index contributed by atoms with van der Waals surface area (Å²) >= 11 is 0. The maximum Gasteiger partial charge on any atom is 0.338 e. The molecule has 2 heterocycles. The van der Waals surface area contributed by atoms with Gasteiger partial charge in [-0.2, -0.15) is 0 Å². The number of carbonyl (C=O) groups excluding carboxylic acids is 1. The van der Waals surface area contributed by atoms with Crippen LogP contribution in [0.3, 0.4) is 0 Å². The van der Waals surface area contributed by atoms with Crippen LogP contribution in [-0.4, -0.2) is 36.0 Å². The van der Waals surface area contributed by atoms with Gasteiger partial charge < -0.3 is 14.2 Å². The molecule has 3 rings (SSSR count). The highest BCUT2D eigenvalue weighted by Crippen LogP contribution is 2.45. The molecule has 0 aromatic carbocycles. The molecule has 0 bridgehead atoms. The van der Waals surface area contributed by atoms with Crippen LogP contribution >= 0.6 is 0 Å². The molecule has 4 nitrogen and oxygen atoms in total. The molecular weight excluding hydrogens is 244 g/mol. The Morgan fingerprint density at radius 1 is 1.47 bits per heavy atom. The Bertz CT molecular complexity index is 369. The molecule has 0 N–H and O–H groups in total. The van der Waals surface area contributed by atoms with E-state index in [-0.39, 0.29) is 29.9 Å². The molecule has 3 fully saturated rings. The van der Waals surface area contributed by atoms with Gasteiger partial charge in [-0.3, -0.25) is 0 Å². The minimum Gasteiger partial charge on any atom is -0.457 e. The molecule has 6 unspecified atom stereocenters. The van der Waals surface area contributed by atoms with Gasteiger partial charge in [0.05, 0.1) is 6.10 Å². The number of rotatable bonds is 6. The number of fused-ring (bicyclic) bond motifs is 1. The molecule has 0 aromatic rings. The monoisotopic (exact) mass is 268 g/mol. The zero-order valence-corrected chi connectivity index (χ0v) is 12.1. The van der Waals surface area contributed by atoms with Crippen LogP contribution in [0, 0.1) is 5.92 Å². The first kappa shape index (κ1) is 13.4. The average molecular weight is 268 g/mol. The third-order valence-corrected chi connectivity index (χ3v) is 4.63. The smallest absolute Gasteiger partial charge is 0.338 e. The van der Waals surface area contributed by atoms with E-state index in [1.165, 1.54) is 12.8 Å². The van der Waals surface area contributed by atoms with Crippen LogP contribution < -0.4 is 0 Å². The quantitative estimate of drug-likeness (QED) is 0.548. The molecule has 108 valence electrons. The van der Waals surface area contributed by atoms with Gasteiger partial charge in [0.25, 0.3) is 0 Å². The van der Waals surface area contributed by atoms with Gasteiger partial charge in [0.1, 0.15) is 17.8 Å². The van der Waals surface area contributed by atoms with E-state index >= 15 is 0 Å². The number of esters is 1. The highest BCUT2D eigenvalue weighted by molar-refractivity contribution is 5.79. The van der Waals surface area contributed by atoms with Crippen molar-refractivity contribution in [2.45, 2.75) is 82.9 Å². The van der Waals surface area contributed by atoms with Crippen molar-refractivity contribution < 1.29 is 19.0 Å². The maximum atomic E-state index is 12.1. The molecule has 1 aliphatic carbocycles. The summed E-state index contributed by atoms with van der Waals surface area (Å²) in [4.78, 5) is 12.1. The van der Waals surface area contributed by atoms with Crippen LogP contribution in [0.4, 0.5) is 0 Å². The molecule has 3 aliphatic rings. The van der Waals surface area contributed by atoms with E-state index in [1.807, 2.05) is 6.92 Å². The number of ether oxygens (including phenoxy) is 3. The summed E-state index contributed by atoms with van der Waals surface area (Å²) in [5, 5.41) is 0. The fourth-order valence-corrected chi connectivity index (χ4v) is 3.52. The Morgan fingerprint density at radius 2 is 2.26 bits per heavy atom. The lowest BCUT2D eigenvalue weighted by Crippen LogP contribution is -2.28. The van der Waals surface area contributed by atoms with Gasteiger partial charge in [-0.25, -0.2) is 4.79 Å².